The molecular weight excluding hydrogens is 290 g/mol. The third-order valence-electron chi connectivity index (χ3n) is 3.67. The zero-order chi connectivity index (χ0) is 15.2. The Bertz CT molecular complexity index is 459. The smallest absolute Gasteiger partial charge is 0.126 e. The molecule has 1 aromatic rings. The van der Waals surface area contributed by atoms with Crippen molar-refractivity contribution < 1.29 is 9.84 Å². The molecule has 2 heterocycles. The molecule has 21 heavy (non-hydrogen) atoms. The predicted molar refractivity (Wildman–Crippen MR) is 84.7 cm³/mol. The van der Waals surface area contributed by atoms with Gasteiger partial charge in [-0.15, -0.1) is 0 Å². The van der Waals surface area contributed by atoms with E-state index in [-0.39, 0.29) is 18.8 Å². The van der Waals surface area contributed by atoms with Gasteiger partial charge in [0.25, 0.3) is 0 Å². The van der Waals surface area contributed by atoms with Gasteiger partial charge in [-0.2, -0.15) is 0 Å². The van der Waals surface area contributed by atoms with E-state index in [0.29, 0.717) is 24.7 Å². The van der Waals surface area contributed by atoms with Gasteiger partial charge in [0.15, 0.2) is 0 Å². The molecule has 0 spiro atoms. The van der Waals surface area contributed by atoms with Crippen LogP contribution in [0.3, 0.4) is 0 Å². The van der Waals surface area contributed by atoms with Crippen LogP contribution < -0.4 is 5.32 Å². The number of aliphatic hydroxyl groups is 1. The van der Waals surface area contributed by atoms with Gasteiger partial charge in [-0.1, -0.05) is 18.5 Å². The number of rotatable bonds is 6. The first kappa shape index (κ1) is 16.5. The van der Waals surface area contributed by atoms with E-state index in [1.54, 1.807) is 0 Å². The van der Waals surface area contributed by atoms with Crippen LogP contribution in [-0.2, 0) is 11.3 Å². The van der Waals surface area contributed by atoms with E-state index in [1.165, 1.54) is 0 Å². The Labute approximate surface area is 131 Å². The van der Waals surface area contributed by atoms with E-state index < -0.39 is 0 Å². The lowest BCUT2D eigenvalue weighted by atomic mass is 10.2. The number of hydrogen-bond acceptors (Lipinski definition) is 5. The summed E-state index contributed by atoms with van der Waals surface area (Å²) < 4.78 is 5.56. The molecule has 2 N–H and O–H groups in total. The Balaban J connectivity index is 2.06. The van der Waals surface area contributed by atoms with Gasteiger partial charge in [-0.05, 0) is 25.5 Å². The van der Waals surface area contributed by atoms with Gasteiger partial charge in [0.1, 0.15) is 5.82 Å². The Morgan fingerprint density at radius 2 is 2.33 bits per heavy atom. The molecule has 0 aromatic carbocycles. The van der Waals surface area contributed by atoms with Gasteiger partial charge in [-0.25, -0.2) is 4.98 Å². The van der Waals surface area contributed by atoms with E-state index in [1.807, 2.05) is 12.1 Å². The first-order chi connectivity index (χ1) is 10.1. The number of pyridine rings is 1. The van der Waals surface area contributed by atoms with Crippen LogP contribution in [0.2, 0.25) is 5.02 Å². The van der Waals surface area contributed by atoms with E-state index >= 15 is 0 Å². The lowest BCUT2D eigenvalue weighted by molar-refractivity contribution is -0.0808. The van der Waals surface area contributed by atoms with E-state index in [9.17, 15) is 5.11 Å². The normalized spacial score (nSPS) is 23.2. The van der Waals surface area contributed by atoms with Crippen molar-refractivity contribution in [1.82, 2.24) is 9.88 Å². The summed E-state index contributed by atoms with van der Waals surface area (Å²) in [5.41, 5.74) is 0.864. The van der Waals surface area contributed by atoms with Gasteiger partial charge in [0.05, 0.1) is 30.0 Å². The fraction of sp³-hybridized carbons (Fsp3) is 0.667. The average molecular weight is 314 g/mol. The van der Waals surface area contributed by atoms with Gasteiger partial charge < -0.3 is 15.2 Å². The number of ether oxygens (including phenoxy) is 1. The molecule has 118 valence electrons. The average Bonchev–Trinajstić information content (AvgIpc) is 2.50. The SMILES string of the molecule is CCCNc1ccc(Cl)c(CN2CC(CO)OCC2C)n1. The van der Waals surface area contributed by atoms with Crippen LogP contribution in [0.15, 0.2) is 12.1 Å². The largest absolute Gasteiger partial charge is 0.394 e. The molecule has 1 aliphatic heterocycles. The van der Waals surface area contributed by atoms with Gasteiger partial charge in [0.2, 0.25) is 0 Å². The van der Waals surface area contributed by atoms with Crippen LogP contribution >= 0.6 is 11.6 Å². The number of aromatic nitrogens is 1. The Morgan fingerprint density at radius 3 is 3.05 bits per heavy atom. The molecule has 1 aliphatic rings. The highest BCUT2D eigenvalue weighted by Crippen LogP contribution is 2.21. The second-order valence-electron chi connectivity index (χ2n) is 5.47. The predicted octanol–water partition coefficient (Wildman–Crippen LogP) is 2.14. The van der Waals surface area contributed by atoms with Crippen LogP contribution in [0.5, 0.6) is 0 Å². The first-order valence-electron chi connectivity index (χ1n) is 7.49. The standard InChI is InChI=1S/C15H24ClN3O2/c1-3-6-17-15-5-4-13(16)14(18-15)8-19-7-12(9-20)21-10-11(19)2/h4-5,11-12,20H,3,6-10H2,1-2H3,(H,17,18). The van der Waals surface area contributed by atoms with Crippen molar-refractivity contribution in [3.05, 3.63) is 22.8 Å². The Morgan fingerprint density at radius 1 is 1.52 bits per heavy atom. The third-order valence-corrected chi connectivity index (χ3v) is 4.01. The maximum Gasteiger partial charge on any atom is 0.126 e. The summed E-state index contributed by atoms with van der Waals surface area (Å²) >= 11 is 6.27. The highest BCUT2D eigenvalue weighted by Gasteiger charge is 2.26. The summed E-state index contributed by atoms with van der Waals surface area (Å²) in [7, 11) is 0. The zero-order valence-corrected chi connectivity index (χ0v) is 13.4. The summed E-state index contributed by atoms with van der Waals surface area (Å²) in [6.45, 7) is 7.16. The number of nitrogens with zero attached hydrogens (tertiary/aromatic N) is 2. The van der Waals surface area contributed by atoms with Crippen LogP contribution in [0, 0.1) is 0 Å². The Hall–Kier alpha value is -0.880. The molecule has 5 nitrogen and oxygen atoms in total. The minimum Gasteiger partial charge on any atom is -0.394 e. The van der Waals surface area contributed by atoms with Crippen molar-refractivity contribution >= 4 is 17.4 Å². The lowest BCUT2D eigenvalue weighted by Gasteiger charge is -2.37. The van der Waals surface area contributed by atoms with Crippen LogP contribution in [0.1, 0.15) is 26.0 Å². The molecule has 2 rings (SSSR count). The maximum absolute atomic E-state index is 9.25. The van der Waals surface area contributed by atoms with Gasteiger partial charge >= 0.3 is 0 Å². The first-order valence-corrected chi connectivity index (χ1v) is 7.87. The molecule has 0 saturated carbocycles. The highest BCUT2D eigenvalue weighted by atomic mass is 35.5. The van der Waals surface area contributed by atoms with Crippen molar-refractivity contribution in [3.63, 3.8) is 0 Å². The topological polar surface area (TPSA) is 57.6 Å². The van der Waals surface area contributed by atoms with Crippen molar-refractivity contribution in [3.8, 4) is 0 Å². The number of anilines is 1. The zero-order valence-electron chi connectivity index (χ0n) is 12.7. The molecule has 0 radical (unpaired) electrons. The second kappa shape index (κ2) is 7.94. The van der Waals surface area contributed by atoms with Crippen molar-refractivity contribution in [1.29, 1.82) is 0 Å². The molecular formula is C15H24ClN3O2. The number of aliphatic hydroxyl groups excluding tert-OH is 1. The Kier molecular flexibility index (Phi) is 6.23. The van der Waals surface area contributed by atoms with Gasteiger partial charge in [-0.3, -0.25) is 4.90 Å². The molecule has 1 saturated heterocycles. The summed E-state index contributed by atoms with van der Waals surface area (Å²) in [5.74, 6) is 0.857. The number of hydrogen-bond donors (Lipinski definition) is 2. The fourth-order valence-corrected chi connectivity index (χ4v) is 2.51. The van der Waals surface area contributed by atoms with Crippen molar-refractivity contribution in [2.75, 3.05) is 31.6 Å². The summed E-state index contributed by atoms with van der Waals surface area (Å²) in [6.07, 6.45) is 0.930. The minimum atomic E-state index is -0.124. The van der Waals surface area contributed by atoms with Crippen LogP contribution in [0.25, 0.3) is 0 Å². The van der Waals surface area contributed by atoms with Crippen LogP contribution in [-0.4, -0.2) is 53.4 Å². The summed E-state index contributed by atoms with van der Waals surface area (Å²) in [4.78, 5) is 6.85. The molecule has 2 atom stereocenters. The maximum atomic E-state index is 9.25. The molecule has 0 bridgehead atoms. The van der Waals surface area contributed by atoms with E-state index in [2.05, 4.69) is 29.0 Å². The molecule has 0 aliphatic carbocycles. The van der Waals surface area contributed by atoms with E-state index in [4.69, 9.17) is 16.3 Å². The van der Waals surface area contributed by atoms with Gasteiger partial charge in [0, 0.05) is 25.7 Å². The molecule has 1 fully saturated rings. The summed E-state index contributed by atoms with van der Waals surface area (Å²) in [6, 6.07) is 4.08. The second-order valence-corrected chi connectivity index (χ2v) is 5.88. The number of morpholine rings is 1. The highest BCUT2D eigenvalue weighted by molar-refractivity contribution is 6.31. The number of nitrogens with one attached hydrogen (secondary N) is 1. The van der Waals surface area contributed by atoms with Crippen molar-refractivity contribution in [2.24, 2.45) is 0 Å². The molecule has 2 unspecified atom stereocenters. The minimum absolute atomic E-state index is 0.0441. The summed E-state index contributed by atoms with van der Waals surface area (Å²) in [5, 5.41) is 13.2. The van der Waals surface area contributed by atoms with E-state index in [0.717, 1.165) is 24.5 Å². The fourth-order valence-electron chi connectivity index (χ4n) is 2.34. The van der Waals surface area contributed by atoms with Crippen LogP contribution in [0.4, 0.5) is 5.82 Å². The third kappa shape index (κ3) is 4.54. The van der Waals surface area contributed by atoms with Crippen molar-refractivity contribution in [2.45, 2.75) is 39.0 Å². The quantitative estimate of drug-likeness (QED) is 0.842. The molecule has 0 amide bonds. The monoisotopic (exact) mass is 313 g/mol. The number of halogens is 1. The molecule has 1 aromatic heterocycles. The lowest BCUT2D eigenvalue weighted by Crippen LogP contribution is -2.49. The molecule has 6 heteroatoms.